The Morgan fingerprint density at radius 2 is 2.00 bits per heavy atom. The number of aryl methyl sites for hydroxylation is 3. The van der Waals surface area contributed by atoms with Crippen molar-refractivity contribution in [1.29, 1.82) is 0 Å². The molecule has 0 aliphatic heterocycles. The summed E-state index contributed by atoms with van der Waals surface area (Å²) >= 11 is 1.56. The molecule has 0 aliphatic rings. The van der Waals surface area contributed by atoms with Gasteiger partial charge in [0.05, 0.1) is 17.6 Å². The summed E-state index contributed by atoms with van der Waals surface area (Å²) in [6.45, 7) is 6.05. The first-order valence-electron chi connectivity index (χ1n) is 6.35. The summed E-state index contributed by atoms with van der Waals surface area (Å²) in [5.41, 5.74) is 2.75. The maximum atomic E-state index is 12.6. The second-order valence-electron chi connectivity index (χ2n) is 4.61. The van der Waals surface area contributed by atoms with E-state index in [1.807, 2.05) is 38.1 Å². The summed E-state index contributed by atoms with van der Waals surface area (Å²) in [7, 11) is 1.61. The molecule has 0 bridgehead atoms. The average molecular weight is 274 g/mol. The van der Waals surface area contributed by atoms with Gasteiger partial charge in [-0.15, -0.1) is 11.3 Å². The van der Waals surface area contributed by atoms with E-state index in [0.717, 1.165) is 22.4 Å². The lowest BCUT2D eigenvalue weighted by molar-refractivity contribution is 0.103. The molecule has 0 unspecified atom stereocenters. The predicted molar refractivity (Wildman–Crippen MR) is 79.6 cm³/mol. The van der Waals surface area contributed by atoms with E-state index in [1.165, 1.54) is 4.88 Å². The van der Waals surface area contributed by atoms with Crippen molar-refractivity contribution in [3.8, 4) is 5.75 Å². The number of rotatable bonds is 4. The van der Waals surface area contributed by atoms with E-state index in [4.69, 9.17) is 4.74 Å². The maximum absolute atomic E-state index is 12.6. The first kappa shape index (κ1) is 13.8. The number of thiophene rings is 1. The lowest BCUT2D eigenvalue weighted by Gasteiger charge is -2.11. The van der Waals surface area contributed by atoms with Crippen LogP contribution in [0.25, 0.3) is 0 Å². The molecule has 0 N–H and O–H groups in total. The fourth-order valence-electron chi connectivity index (χ4n) is 2.19. The molecule has 1 aromatic carbocycles. The zero-order chi connectivity index (χ0) is 14.0. The molecule has 3 heteroatoms. The van der Waals surface area contributed by atoms with Gasteiger partial charge in [-0.05, 0) is 49.6 Å². The summed E-state index contributed by atoms with van der Waals surface area (Å²) < 4.78 is 5.37. The molecule has 19 heavy (non-hydrogen) atoms. The van der Waals surface area contributed by atoms with Crippen LogP contribution in [0.1, 0.15) is 38.2 Å². The number of ketones is 1. The molecule has 100 valence electrons. The van der Waals surface area contributed by atoms with Gasteiger partial charge in [0.2, 0.25) is 5.78 Å². The Kier molecular flexibility index (Phi) is 4.05. The van der Waals surface area contributed by atoms with Crippen LogP contribution in [0.2, 0.25) is 0 Å². The van der Waals surface area contributed by atoms with E-state index in [0.29, 0.717) is 11.3 Å². The van der Waals surface area contributed by atoms with E-state index in [1.54, 1.807) is 18.4 Å². The van der Waals surface area contributed by atoms with Crippen LogP contribution in [-0.4, -0.2) is 12.9 Å². The molecule has 0 radical (unpaired) electrons. The minimum absolute atomic E-state index is 0.0547. The summed E-state index contributed by atoms with van der Waals surface area (Å²) in [5.74, 6) is 0.716. The molecule has 2 nitrogen and oxygen atoms in total. The van der Waals surface area contributed by atoms with E-state index in [9.17, 15) is 4.79 Å². The van der Waals surface area contributed by atoms with Crippen LogP contribution in [0.5, 0.6) is 5.75 Å². The maximum Gasteiger partial charge on any atom is 0.206 e. The molecule has 1 aromatic heterocycles. The minimum atomic E-state index is 0.0547. The minimum Gasteiger partial charge on any atom is -0.496 e. The molecule has 0 atom stereocenters. The zero-order valence-electron chi connectivity index (χ0n) is 11.7. The van der Waals surface area contributed by atoms with Crippen LogP contribution >= 0.6 is 11.3 Å². The Morgan fingerprint density at radius 3 is 2.58 bits per heavy atom. The van der Waals surface area contributed by atoms with Gasteiger partial charge in [-0.2, -0.15) is 0 Å². The summed E-state index contributed by atoms with van der Waals surface area (Å²) in [5, 5.41) is 0. The highest BCUT2D eigenvalue weighted by Gasteiger charge is 2.19. The van der Waals surface area contributed by atoms with Gasteiger partial charge in [0.1, 0.15) is 5.75 Å². The SMILES string of the molecule is CCc1ccc(C(=O)c2c(C)cc(C)cc2OC)s1. The number of hydrogen-bond donors (Lipinski definition) is 0. The van der Waals surface area contributed by atoms with Crippen molar-refractivity contribution in [1.82, 2.24) is 0 Å². The third-order valence-electron chi connectivity index (χ3n) is 3.12. The number of carbonyl (C=O) groups is 1. The van der Waals surface area contributed by atoms with Gasteiger partial charge in [-0.1, -0.05) is 13.0 Å². The van der Waals surface area contributed by atoms with Crippen molar-refractivity contribution in [3.05, 3.63) is 50.7 Å². The topological polar surface area (TPSA) is 26.3 Å². The van der Waals surface area contributed by atoms with Crippen molar-refractivity contribution in [2.75, 3.05) is 7.11 Å². The van der Waals surface area contributed by atoms with Gasteiger partial charge in [0.15, 0.2) is 0 Å². The fourth-order valence-corrected chi connectivity index (χ4v) is 3.09. The number of carbonyl (C=O) groups excluding carboxylic acids is 1. The predicted octanol–water partition coefficient (Wildman–Crippen LogP) is 4.17. The van der Waals surface area contributed by atoms with Crippen molar-refractivity contribution in [2.24, 2.45) is 0 Å². The summed E-state index contributed by atoms with van der Waals surface area (Å²) in [4.78, 5) is 14.6. The Bertz CT molecular complexity index is 611. The number of methoxy groups -OCH3 is 1. The first-order chi connectivity index (χ1) is 9.06. The van der Waals surface area contributed by atoms with Gasteiger partial charge >= 0.3 is 0 Å². The smallest absolute Gasteiger partial charge is 0.206 e. The first-order valence-corrected chi connectivity index (χ1v) is 7.17. The molecule has 0 amide bonds. The standard InChI is InChI=1S/C16H18O2S/c1-5-12-6-7-14(19-12)16(17)15-11(3)8-10(2)9-13(15)18-4/h6-9H,5H2,1-4H3. The third-order valence-corrected chi connectivity index (χ3v) is 4.35. The Hall–Kier alpha value is -1.61. The van der Waals surface area contributed by atoms with Crippen molar-refractivity contribution >= 4 is 17.1 Å². The molecule has 0 fully saturated rings. The molecular formula is C16H18O2S. The monoisotopic (exact) mass is 274 g/mol. The number of ether oxygens (including phenoxy) is 1. The molecular weight excluding hydrogens is 256 g/mol. The Labute approximate surface area is 118 Å². The van der Waals surface area contributed by atoms with Gasteiger partial charge in [0.25, 0.3) is 0 Å². The molecule has 0 aliphatic carbocycles. The lowest BCUT2D eigenvalue weighted by Crippen LogP contribution is -2.05. The Balaban J connectivity index is 2.49. The molecule has 0 spiro atoms. The van der Waals surface area contributed by atoms with E-state index in [-0.39, 0.29) is 5.78 Å². The van der Waals surface area contributed by atoms with Gasteiger partial charge in [-0.3, -0.25) is 4.79 Å². The van der Waals surface area contributed by atoms with Crippen LogP contribution in [0.4, 0.5) is 0 Å². The van der Waals surface area contributed by atoms with E-state index < -0.39 is 0 Å². The van der Waals surface area contributed by atoms with Crippen LogP contribution in [-0.2, 0) is 6.42 Å². The second-order valence-corrected chi connectivity index (χ2v) is 5.78. The summed E-state index contributed by atoms with van der Waals surface area (Å²) in [6.07, 6.45) is 0.960. The molecule has 0 saturated heterocycles. The van der Waals surface area contributed by atoms with Crippen molar-refractivity contribution < 1.29 is 9.53 Å². The van der Waals surface area contributed by atoms with Gasteiger partial charge in [0, 0.05) is 4.88 Å². The van der Waals surface area contributed by atoms with Crippen molar-refractivity contribution in [3.63, 3.8) is 0 Å². The highest BCUT2D eigenvalue weighted by atomic mass is 32.1. The van der Waals surface area contributed by atoms with Crippen LogP contribution in [0, 0.1) is 13.8 Å². The van der Waals surface area contributed by atoms with Crippen molar-refractivity contribution in [2.45, 2.75) is 27.2 Å². The number of hydrogen-bond acceptors (Lipinski definition) is 3. The third kappa shape index (κ3) is 2.71. The average Bonchev–Trinajstić information content (AvgIpc) is 2.85. The Morgan fingerprint density at radius 1 is 1.26 bits per heavy atom. The van der Waals surface area contributed by atoms with Crippen LogP contribution in [0.3, 0.4) is 0 Å². The van der Waals surface area contributed by atoms with Gasteiger partial charge < -0.3 is 4.74 Å². The normalized spacial score (nSPS) is 10.5. The quantitative estimate of drug-likeness (QED) is 0.782. The highest BCUT2D eigenvalue weighted by Crippen LogP contribution is 2.29. The second kappa shape index (κ2) is 5.57. The van der Waals surface area contributed by atoms with Gasteiger partial charge in [-0.25, -0.2) is 0 Å². The van der Waals surface area contributed by atoms with Crippen LogP contribution < -0.4 is 4.74 Å². The molecule has 0 saturated carbocycles. The lowest BCUT2D eigenvalue weighted by atomic mass is 10.00. The zero-order valence-corrected chi connectivity index (χ0v) is 12.6. The molecule has 2 rings (SSSR count). The van der Waals surface area contributed by atoms with E-state index in [2.05, 4.69) is 6.92 Å². The van der Waals surface area contributed by atoms with Crippen LogP contribution in [0.15, 0.2) is 24.3 Å². The number of benzene rings is 1. The highest BCUT2D eigenvalue weighted by molar-refractivity contribution is 7.14. The summed E-state index contributed by atoms with van der Waals surface area (Å²) in [6, 6.07) is 7.86. The largest absolute Gasteiger partial charge is 0.496 e. The molecule has 1 heterocycles. The molecule has 2 aromatic rings. The fraction of sp³-hybridized carbons (Fsp3) is 0.312. The van der Waals surface area contributed by atoms with E-state index >= 15 is 0 Å².